The molecule has 1 heterocycles. The van der Waals surface area contributed by atoms with Crippen LogP contribution < -0.4 is 10.6 Å². The molecule has 0 spiro atoms. The van der Waals surface area contributed by atoms with Crippen molar-refractivity contribution in [2.24, 2.45) is 0 Å². The smallest absolute Gasteiger partial charge is 0.185 e. The minimum absolute atomic E-state index is 0.0382. The number of hydrogen-bond donors (Lipinski definition) is 2. The molecule has 4 nitrogen and oxygen atoms in total. The summed E-state index contributed by atoms with van der Waals surface area (Å²) in [6, 6.07) is 0.134. The number of rotatable bonds is 4. The van der Waals surface area contributed by atoms with E-state index in [2.05, 4.69) is 36.5 Å². The maximum atomic E-state index is 13.6. The van der Waals surface area contributed by atoms with Gasteiger partial charge in [0.2, 0.25) is 0 Å². The van der Waals surface area contributed by atoms with E-state index in [1.807, 2.05) is 6.92 Å². The van der Waals surface area contributed by atoms with E-state index < -0.39 is 29.0 Å². The lowest BCUT2D eigenvalue weighted by atomic mass is 10.2. The van der Waals surface area contributed by atoms with Crippen molar-refractivity contribution in [3.63, 3.8) is 0 Å². The number of hydrogen-bond acceptors (Lipinski definition) is 4. The highest BCUT2D eigenvalue weighted by Gasteiger charge is 2.21. The standard InChI is InChI=1S/C12H9BrF4N4/c1-2-18-11-7(13)12(20-4-19-11)21-10-8(16)5(14)3-6(15)9(10)17/h3-4H,2H2,1H3,(H2,18,19,20,21). The Morgan fingerprint density at radius 3 is 2.19 bits per heavy atom. The van der Waals surface area contributed by atoms with Crippen molar-refractivity contribution < 1.29 is 17.6 Å². The third-order valence-corrected chi connectivity index (χ3v) is 3.24. The lowest BCUT2D eigenvalue weighted by molar-refractivity contribution is 0.459. The number of anilines is 3. The molecule has 1 aromatic heterocycles. The first-order valence-electron chi connectivity index (χ1n) is 5.80. The SMILES string of the molecule is CCNc1ncnc(Nc2c(F)c(F)cc(F)c2F)c1Br. The Balaban J connectivity index is 2.46. The monoisotopic (exact) mass is 364 g/mol. The summed E-state index contributed by atoms with van der Waals surface area (Å²) in [5, 5.41) is 5.10. The molecule has 0 radical (unpaired) electrons. The molecule has 0 aliphatic heterocycles. The van der Waals surface area contributed by atoms with Crippen molar-refractivity contribution in [1.82, 2.24) is 9.97 Å². The van der Waals surface area contributed by atoms with Gasteiger partial charge in [-0.2, -0.15) is 0 Å². The molecule has 0 bridgehead atoms. The number of halogens is 5. The molecule has 2 N–H and O–H groups in total. The zero-order valence-electron chi connectivity index (χ0n) is 10.6. The third kappa shape index (κ3) is 3.07. The van der Waals surface area contributed by atoms with Gasteiger partial charge in [0.05, 0.1) is 0 Å². The summed E-state index contributed by atoms with van der Waals surface area (Å²) in [5.74, 6) is -5.76. The molecule has 0 unspecified atom stereocenters. The van der Waals surface area contributed by atoms with E-state index in [0.717, 1.165) is 6.33 Å². The molecule has 21 heavy (non-hydrogen) atoms. The van der Waals surface area contributed by atoms with Gasteiger partial charge in [-0.25, -0.2) is 27.5 Å². The second-order valence-corrected chi connectivity index (χ2v) is 4.68. The highest BCUT2D eigenvalue weighted by Crippen LogP contribution is 2.32. The van der Waals surface area contributed by atoms with Crippen molar-refractivity contribution in [1.29, 1.82) is 0 Å². The van der Waals surface area contributed by atoms with E-state index >= 15 is 0 Å². The Morgan fingerprint density at radius 1 is 1.05 bits per heavy atom. The van der Waals surface area contributed by atoms with Crippen LogP contribution >= 0.6 is 15.9 Å². The van der Waals surface area contributed by atoms with Crippen LogP contribution in [0.25, 0.3) is 0 Å². The highest BCUT2D eigenvalue weighted by atomic mass is 79.9. The Kier molecular flexibility index (Phi) is 4.61. The molecular formula is C12H9BrF4N4. The summed E-state index contributed by atoms with van der Waals surface area (Å²) in [4.78, 5) is 7.68. The number of nitrogens with one attached hydrogen (secondary N) is 2. The summed E-state index contributed by atoms with van der Waals surface area (Å²) in [6.45, 7) is 2.37. The Morgan fingerprint density at radius 2 is 1.62 bits per heavy atom. The van der Waals surface area contributed by atoms with E-state index in [4.69, 9.17) is 0 Å². The normalized spacial score (nSPS) is 10.6. The van der Waals surface area contributed by atoms with Crippen molar-refractivity contribution in [3.8, 4) is 0 Å². The predicted molar refractivity (Wildman–Crippen MR) is 73.5 cm³/mol. The van der Waals surface area contributed by atoms with Crippen LogP contribution in [0.4, 0.5) is 34.9 Å². The maximum Gasteiger partial charge on any atom is 0.185 e. The zero-order chi connectivity index (χ0) is 15.6. The fourth-order valence-corrected chi connectivity index (χ4v) is 1.99. The van der Waals surface area contributed by atoms with Crippen LogP contribution in [0.15, 0.2) is 16.9 Å². The molecular weight excluding hydrogens is 356 g/mol. The molecule has 2 aromatic rings. The summed E-state index contributed by atoms with van der Waals surface area (Å²) in [6.07, 6.45) is 1.14. The first-order chi connectivity index (χ1) is 9.95. The van der Waals surface area contributed by atoms with Crippen molar-refractivity contribution in [2.45, 2.75) is 6.92 Å². The second kappa shape index (κ2) is 6.25. The van der Waals surface area contributed by atoms with Crippen molar-refractivity contribution in [2.75, 3.05) is 17.2 Å². The van der Waals surface area contributed by atoms with E-state index in [1.165, 1.54) is 0 Å². The van der Waals surface area contributed by atoms with Crippen LogP contribution in [0.1, 0.15) is 6.92 Å². The van der Waals surface area contributed by atoms with Crippen LogP contribution in [0.2, 0.25) is 0 Å². The van der Waals surface area contributed by atoms with Crippen LogP contribution in [-0.2, 0) is 0 Å². The molecule has 2 rings (SSSR count). The van der Waals surface area contributed by atoms with Gasteiger partial charge in [-0.15, -0.1) is 0 Å². The predicted octanol–water partition coefficient (Wildman–Crippen LogP) is 3.97. The minimum atomic E-state index is -1.54. The highest BCUT2D eigenvalue weighted by molar-refractivity contribution is 9.10. The molecule has 0 saturated heterocycles. The fourth-order valence-electron chi connectivity index (χ4n) is 1.55. The second-order valence-electron chi connectivity index (χ2n) is 3.88. The third-order valence-electron chi connectivity index (χ3n) is 2.49. The fraction of sp³-hybridized carbons (Fsp3) is 0.167. The summed E-state index contributed by atoms with van der Waals surface area (Å²) < 4.78 is 53.7. The van der Waals surface area contributed by atoms with Crippen molar-refractivity contribution >= 4 is 33.3 Å². The lowest BCUT2D eigenvalue weighted by Gasteiger charge is -2.12. The molecule has 1 aromatic carbocycles. The summed E-state index contributed by atoms with van der Waals surface area (Å²) in [7, 11) is 0. The van der Waals surface area contributed by atoms with E-state index in [9.17, 15) is 17.6 Å². The van der Waals surface area contributed by atoms with Crippen molar-refractivity contribution in [3.05, 3.63) is 40.1 Å². The van der Waals surface area contributed by atoms with E-state index in [1.54, 1.807) is 0 Å². The Labute approximate surface area is 125 Å². The zero-order valence-corrected chi connectivity index (χ0v) is 12.2. The number of benzene rings is 1. The molecule has 0 amide bonds. The van der Waals surface area contributed by atoms with Gasteiger partial charge in [-0.05, 0) is 22.9 Å². The molecule has 9 heteroatoms. The molecule has 0 saturated carbocycles. The molecule has 0 aliphatic rings. The van der Waals surface area contributed by atoms with Gasteiger partial charge >= 0.3 is 0 Å². The van der Waals surface area contributed by atoms with Crippen LogP contribution in [0.3, 0.4) is 0 Å². The number of aromatic nitrogens is 2. The van der Waals surface area contributed by atoms with Crippen LogP contribution in [0.5, 0.6) is 0 Å². The van der Waals surface area contributed by atoms with E-state index in [0.29, 0.717) is 12.4 Å². The maximum absolute atomic E-state index is 13.6. The van der Waals surface area contributed by atoms with Gasteiger partial charge in [-0.3, -0.25) is 0 Å². The average Bonchev–Trinajstić information content (AvgIpc) is 2.45. The first-order valence-corrected chi connectivity index (χ1v) is 6.59. The first kappa shape index (κ1) is 15.5. The van der Waals surface area contributed by atoms with E-state index in [-0.39, 0.29) is 16.4 Å². The van der Waals surface area contributed by atoms with Gasteiger partial charge in [0, 0.05) is 12.6 Å². The lowest BCUT2D eigenvalue weighted by Crippen LogP contribution is -2.07. The van der Waals surface area contributed by atoms with Gasteiger partial charge in [0.1, 0.15) is 28.1 Å². The Hall–Kier alpha value is -1.90. The van der Waals surface area contributed by atoms with Gasteiger partial charge in [-0.1, -0.05) is 0 Å². The quantitative estimate of drug-likeness (QED) is 0.636. The van der Waals surface area contributed by atoms with Gasteiger partial charge in [0.15, 0.2) is 23.3 Å². The molecule has 0 fully saturated rings. The van der Waals surface area contributed by atoms with Crippen LogP contribution in [0, 0.1) is 23.3 Å². The molecule has 112 valence electrons. The Bertz CT molecular complexity index is 655. The molecule has 0 aliphatic carbocycles. The average molecular weight is 365 g/mol. The van der Waals surface area contributed by atoms with Crippen LogP contribution in [-0.4, -0.2) is 16.5 Å². The largest absolute Gasteiger partial charge is 0.369 e. The minimum Gasteiger partial charge on any atom is -0.369 e. The summed E-state index contributed by atoms with van der Waals surface area (Å²) >= 11 is 3.14. The van der Waals surface area contributed by atoms with Gasteiger partial charge in [0.25, 0.3) is 0 Å². The topological polar surface area (TPSA) is 49.8 Å². The van der Waals surface area contributed by atoms with Gasteiger partial charge < -0.3 is 10.6 Å². The number of nitrogens with zero attached hydrogens (tertiary/aromatic N) is 2. The summed E-state index contributed by atoms with van der Waals surface area (Å²) in [5.41, 5.74) is -0.964. The molecule has 0 atom stereocenters.